The molecule has 1 aliphatic rings. The zero-order chi connectivity index (χ0) is 10.5. The molecule has 0 atom stereocenters. The molecule has 1 heteroatoms. The van der Waals surface area contributed by atoms with Crippen LogP contribution < -0.4 is 4.74 Å². The van der Waals surface area contributed by atoms with Crippen LogP contribution in [0.4, 0.5) is 0 Å². The molecule has 0 spiro atoms. The van der Waals surface area contributed by atoms with E-state index in [2.05, 4.69) is 40.7 Å². The molecule has 0 radical (unpaired) electrons. The van der Waals surface area contributed by atoms with Crippen LogP contribution in [0, 0.1) is 6.92 Å². The standard InChI is InChI=1S/C13H18O/c1-6-9-7-8(2)10(13(3,4)5)12-11(9)14-12/h7H,6H2,1-5H3. The minimum absolute atomic E-state index is 0.191. The molecule has 0 N–H and O–H groups in total. The highest BCUT2D eigenvalue weighted by Gasteiger charge is 2.34. The van der Waals surface area contributed by atoms with Crippen LogP contribution >= 0.6 is 0 Å². The van der Waals surface area contributed by atoms with Gasteiger partial charge in [0.1, 0.15) is 0 Å². The van der Waals surface area contributed by atoms with Crippen molar-refractivity contribution in [3.63, 3.8) is 0 Å². The lowest BCUT2D eigenvalue weighted by molar-refractivity contribution is 0.562. The molecule has 0 saturated heterocycles. The molecule has 0 amide bonds. The van der Waals surface area contributed by atoms with Crippen molar-refractivity contribution in [3.8, 4) is 11.5 Å². The summed E-state index contributed by atoms with van der Waals surface area (Å²) >= 11 is 0. The molecular weight excluding hydrogens is 172 g/mol. The summed E-state index contributed by atoms with van der Waals surface area (Å²) in [6.07, 6.45) is 1.06. The van der Waals surface area contributed by atoms with Crippen LogP contribution in [0.1, 0.15) is 44.4 Å². The number of rotatable bonds is 1. The van der Waals surface area contributed by atoms with E-state index < -0.39 is 0 Å². The molecule has 0 bridgehead atoms. The fraction of sp³-hybridized carbons (Fsp3) is 0.538. The van der Waals surface area contributed by atoms with Gasteiger partial charge in [0.05, 0.1) is 0 Å². The van der Waals surface area contributed by atoms with Crippen LogP contribution in [0.3, 0.4) is 0 Å². The lowest BCUT2D eigenvalue weighted by atomic mass is 9.83. The second-order valence-corrected chi connectivity index (χ2v) is 5.09. The summed E-state index contributed by atoms with van der Waals surface area (Å²) in [6.45, 7) is 11.1. The molecule has 1 aromatic rings. The maximum Gasteiger partial charge on any atom is 0.174 e. The van der Waals surface area contributed by atoms with Gasteiger partial charge in [-0.2, -0.15) is 0 Å². The molecule has 1 heterocycles. The van der Waals surface area contributed by atoms with E-state index in [1.54, 1.807) is 0 Å². The van der Waals surface area contributed by atoms with Gasteiger partial charge in [-0.1, -0.05) is 33.8 Å². The van der Waals surface area contributed by atoms with Gasteiger partial charge in [0.2, 0.25) is 0 Å². The van der Waals surface area contributed by atoms with Crippen LogP contribution in [-0.4, -0.2) is 0 Å². The normalized spacial score (nSPS) is 13.5. The highest BCUT2D eigenvalue weighted by Crippen LogP contribution is 2.55. The van der Waals surface area contributed by atoms with E-state index in [4.69, 9.17) is 4.74 Å². The Morgan fingerprint density at radius 1 is 1.21 bits per heavy atom. The number of hydrogen-bond donors (Lipinski definition) is 0. The summed E-state index contributed by atoms with van der Waals surface area (Å²) in [5, 5.41) is 0. The van der Waals surface area contributed by atoms with Gasteiger partial charge in [0.25, 0.3) is 0 Å². The summed E-state index contributed by atoms with van der Waals surface area (Å²) in [5.74, 6) is 2.29. The van der Waals surface area contributed by atoms with Crippen LogP contribution in [0.5, 0.6) is 11.5 Å². The Hall–Kier alpha value is -0.980. The average molecular weight is 190 g/mol. The summed E-state index contributed by atoms with van der Waals surface area (Å²) in [6, 6.07) is 2.27. The highest BCUT2D eigenvalue weighted by molar-refractivity contribution is 5.67. The van der Waals surface area contributed by atoms with Crippen molar-refractivity contribution in [1.29, 1.82) is 0 Å². The first-order valence-electron chi connectivity index (χ1n) is 5.30. The topological polar surface area (TPSA) is 12.5 Å². The molecule has 0 aromatic heterocycles. The predicted octanol–water partition coefficient (Wildman–Crippen LogP) is 3.96. The average Bonchev–Trinajstić information content (AvgIpc) is 2.78. The van der Waals surface area contributed by atoms with E-state index in [-0.39, 0.29) is 5.41 Å². The molecule has 1 nitrogen and oxygen atoms in total. The molecule has 0 fully saturated rings. The van der Waals surface area contributed by atoms with Crippen molar-refractivity contribution >= 4 is 0 Å². The van der Waals surface area contributed by atoms with Crippen LogP contribution in [-0.2, 0) is 11.8 Å². The van der Waals surface area contributed by atoms with Crippen molar-refractivity contribution < 1.29 is 4.74 Å². The fourth-order valence-electron chi connectivity index (χ4n) is 2.23. The van der Waals surface area contributed by atoms with E-state index in [0.717, 1.165) is 17.9 Å². The maximum absolute atomic E-state index is 5.60. The maximum atomic E-state index is 5.60. The van der Waals surface area contributed by atoms with Crippen molar-refractivity contribution in [2.75, 3.05) is 0 Å². The molecule has 0 saturated carbocycles. The molecule has 14 heavy (non-hydrogen) atoms. The smallest absolute Gasteiger partial charge is 0.174 e. The Kier molecular flexibility index (Phi) is 1.88. The van der Waals surface area contributed by atoms with E-state index >= 15 is 0 Å². The van der Waals surface area contributed by atoms with Crippen molar-refractivity contribution in [2.24, 2.45) is 0 Å². The number of aryl methyl sites for hydroxylation is 2. The monoisotopic (exact) mass is 190 g/mol. The number of hydrogen-bond acceptors (Lipinski definition) is 1. The van der Waals surface area contributed by atoms with Gasteiger partial charge in [-0.25, -0.2) is 0 Å². The van der Waals surface area contributed by atoms with Gasteiger partial charge >= 0.3 is 0 Å². The molecule has 2 rings (SSSR count). The quantitative estimate of drug-likeness (QED) is 0.620. The fourth-order valence-corrected chi connectivity index (χ4v) is 2.23. The van der Waals surface area contributed by atoms with Crippen molar-refractivity contribution in [3.05, 3.63) is 22.8 Å². The van der Waals surface area contributed by atoms with E-state index in [1.807, 2.05) is 0 Å². The number of ether oxygens (including phenoxy) is 1. The SMILES string of the molecule is CCc1cc(C)c(C(C)(C)C)c2c1O2. The second kappa shape index (κ2) is 2.75. The third-order valence-corrected chi connectivity index (χ3v) is 2.80. The van der Waals surface area contributed by atoms with E-state index in [1.165, 1.54) is 16.7 Å². The third-order valence-electron chi connectivity index (χ3n) is 2.80. The molecular formula is C13H18O. The van der Waals surface area contributed by atoms with Crippen LogP contribution in [0.15, 0.2) is 6.07 Å². The third kappa shape index (κ3) is 1.31. The Morgan fingerprint density at radius 2 is 1.86 bits per heavy atom. The van der Waals surface area contributed by atoms with Gasteiger partial charge in [0, 0.05) is 5.56 Å². The zero-order valence-electron chi connectivity index (χ0n) is 9.69. The Balaban J connectivity index is 2.57. The van der Waals surface area contributed by atoms with Gasteiger partial charge < -0.3 is 4.74 Å². The predicted molar refractivity (Wildman–Crippen MR) is 59.3 cm³/mol. The molecule has 0 unspecified atom stereocenters. The Labute approximate surface area is 86.1 Å². The zero-order valence-corrected chi connectivity index (χ0v) is 9.69. The van der Waals surface area contributed by atoms with Gasteiger partial charge in [-0.15, -0.1) is 0 Å². The van der Waals surface area contributed by atoms with Gasteiger partial charge in [-0.3, -0.25) is 0 Å². The summed E-state index contributed by atoms with van der Waals surface area (Å²) < 4.78 is 5.60. The summed E-state index contributed by atoms with van der Waals surface area (Å²) in [4.78, 5) is 0. The first-order valence-corrected chi connectivity index (χ1v) is 5.30. The first kappa shape index (κ1) is 9.57. The highest BCUT2D eigenvalue weighted by atomic mass is 16.6. The van der Waals surface area contributed by atoms with Gasteiger partial charge in [0.15, 0.2) is 11.5 Å². The largest absolute Gasteiger partial charge is 0.449 e. The van der Waals surface area contributed by atoms with Crippen LogP contribution in [0.2, 0.25) is 0 Å². The van der Waals surface area contributed by atoms with Crippen LogP contribution in [0.25, 0.3) is 0 Å². The second-order valence-electron chi connectivity index (χ2n) is 5.09. The molecule has 0 aliphatic carbocycles. The molecule has 1 aromatic carbocycles. The summed E-state index contributed by atoms with van der Waals surface area (Å²) in [7, 11) is 0. The summed E-state index contributed by atoms with van der Waals surface area (Å²) in [5.41, 5.74) is 4.29. The Bertz CT molecular complexity index is 379. The van der Waals surface area contributed by atoms with E-state index in [9.17, 15) is 0 Å². The molecule has 76 valence electrons. The minimum Gasteiger partial charge on any atom is -0.449 e. The van der Waals surface area contributed by atoms with Crippen molar-refractivity contribution in [1.82, 2.24) is 0 Å². The van der Waals surface area contributed by atoms with E-state index in [0.29, 0.717) is 0 Å². The lowest BCUT2D eigenvalue weighted by Gasteiger charge is -2.19. The number of benzene rings is 1. The van der Waals surface area contributed by atoms with Gasteiger partial charge in [-0.05, 0) is 29.9 Å². The minimum atomic E-state index is 0.191. The Morgan fingerprint density at radius 3 is 2.36 bits per heavy atom. The first-order chi connectivity index (χ1) is 6.45. The lowest BCUT2D eigenvalue weighted by Crippen LogP contribution is -2.11. The van der Waals surface area contributed by atoms with Crippen molar-refractivity contribution in [2.45, 2.75) is 46.5 Å². The molecule has 1 aliphatic heterocycles. The number of fused-ring (bicyclic) bond motifs is 1.